The van der Waals surface area contributed by atoms with Gasteiger partial charge in [0.25, 0.3) is 11.8 Å². The molecule has 2 amide bonds. The number of nitrogen functional groups attached to an aromatic ring is 1. The highest BCUT2D eigenvalue weighted by molar-refractivity contribution is 8.02. The van der Waals surface area contributed by atoms with Crippen molar-refractivity contribution < 1.29 is 29.1 Å². The summed E-state index contributed by atoms with van der Waals surface area (Å²) in [5.41, 5.74) is 3.62. The molecule has 19 heteroatoms. The molecule has 39 heavy (non-hydrogen) atoms. The fraction of sp³-hybridized carbons (Fsp3) is 0.250. The number of carboxylic acid groups (broad SMARTS) is 1. The summed E-state index contributed by atoms with van der Waals surface area (Å²) in [6.07, 6.45) is 1.86. The lowest BCUT2D eigenvalue weighted by Gasteiger charge is -2.49. The van der Waals surface area contributed by atoms with E-state index in [1.54, 1.807) is 0 Å². The van der Waals surface area contributed by atoms with Crippen LogP contribution in [0.15, 0.2) is 48.0 Å². The van der Waals surface area contributed by atoms with Crippen molar-refractivity contribution in [3.8, 4) is 0 Å². The maximum atomic E-state index is 12.9. The molecular weight excluding hydrogens is 576 g/mol. The van der Waals surface area contributed by atoms with Crippen molar-refractivity contribution in [3.05, 3.63) is 54.5 Å². The van der Waals surface area contributed by atoms with Gasteiger partial charge in [-0.3, -0.25) is 28.6 Å². The summed E-state index contributed by atoms with van der Waals surface area (Å²) in [7, 11) is 1.24. The number of amides is 2. The lowest BCUT2D eigenvalue weighted by atomic mass is 10.0. The molecule has 2 aromatic rings. The number of thioether (sulfide) groups is 2. The van der Waals surface area contributed by atoms with Crippen LogP contribution in [-0.4, -0.2) is 83.8 Å². The number of aldehydes is 1. The van der Waals surface area contributed by atoms with Crippen LogP contribution in [0.2, 0.25) is 0 Å². The predicted molar refractivity (Wildman–Crippen MR) is 140 cm³/mol. The highest BCUT2D eigenvalue weighted by Crippen LogP contribution is 2.41. The highest BCUT2D eigenvalue weighted by Gasteiger charge is 2.54. The number of hydrogen-bond donors (Lipinski definition) is 4. The Labute approximate surface area is 230 Å². The van der Waals surface area contributed by atoms with E-state index in [4.69, 9.17) is 10.6 Å². The number of rotatable bonds is 10. The summed E-state index contributed by atoms with van der Waals surface area (Å²) in [6.45, 7) is -0.394. The molecule has 0 radical (unpaired) electrons. The topological polar surface area (TPSA) is 232 Å². The number of fused-ring (bicyclic) bond motifs is 1. The fourth-order valence-electron chi connectivity index (χ4n) is 3.59. The van der Waals surface area contributed by atoms with E-state index in [0.29, 0.717) is 6.29 Å². The van der Waals surface area contributed by atoms with Gasteiger partial charge in [-0.25, -0.2) is 14.9 Å². The Kier molecular flexibility index (Phi) is 8.31. The van der Waals surface area contributed by atoms with E-state index in [2.05, 4.69) is 20.6 Å². The minimum Gasteiger partial charge on any atom is -0.477 e. The van der Waals surface area contributed by atoms with Crippen LogP contribution < -0.4 is 22.2 Å². The highest BCUT2D eigenvalue weighted by atomic mass is 32.2. The van der Waals surface area contributed by atoms with E-state index < -0.39 is 46.9 Å². The molecule has 2 aromatic heterocycles. The number of hydrogen-bond acceptors (Lipinski definition) is 14. The second kappa shape index (κ2) is 11.7. The smallest absolute Gasteiger partial charge is 0.352 e. The second-order valence-electron chi connectivity index (χ2n) is 7.57. The van der Waals surface area contributed by atoms with Crippen molar-refractivity contribution in [2.24, 2.45) is 5.16 Å². The Morgan fingerprint density at radius 3 is 2.82 bits per heavy atom. The summed E-state index contributed by atoms with van der Waals surface area (Å²) in [6, 6.07) is -1.03. The van der Waals surface area contributed by atoms with Gasteiger partial charge in [-0.05, 0) is 17.1 Å². The molecule has 0 saturated carbocycles. The van der Waals surface area contributed by atoms with Gasteiger partial charge in [-0.15, -0.1) is 28.2 Å². The third-order valence-electron chi connectivity index (χ3n) is 5.27. The zero-order valence-electron chi connectivity index (χ0n) is 19.7. The molecule has 1 fully saturated rings. The maximum Gasteiger partial charge on any atom is 0.352 e. The monoisotopic (exact) mass is 594 g/mol. The maximum absolute atomic E-state index is 12.9. The van der Waals surface area contributed by atoms with E-state index in [9.17, 15) is 33.9 Å². The number of aromatic nitrogens is 4. The number of carbonyl (C=O) groups is 4. The van der Waals surface area contributed by atoms with Crippen LogP contribution in [0.25, 0.3) is 0 Å². The molecule has 2 aliphatic rings. The third-order valence-corrected chi connectivity index (χ3v) is 8.04. The first-order valence-electron chi connectivity index (χ1n) is 10.7. The Morgan fingerprint density at radius 2 is 2.18 bits per heavy atom. The molecule has 204 valence electrons. The number of nitrogens with zero attached hydrogens (tertiary/aromatic N) is 5. The zero-order chi connectivity index (χ0) is 28.3. The third kappa shape index (κ3) is 5.49. The molecule has 4 rings (SSSR count). The van der Waals surface area contributed by atoms with E-state index in [1.807, 2.05) is 5.10 Å². The largest absolute Gasteiger partial charge is 0.477 e. The molecule has 5 N–H and O–H groups in total. The average molecular weight is 595 g/mol. The molecule has 0 aromatic carbocycles. The Balaban J connectivity index is 1.52. The van der Waals surface area contributed by atoms with E-state index in [-0.39, 0.29) is 38.7 Å². The van der Waals surface area contributed by atoms with Crippen molar-refractivity contribution in [2.45, 2.75) is 23.1 Å². The van der Waals surface area contributed by atoms with Gasteiger partial charge in [0.2, 0.25) is 0 Å². The van der Waals surface area contributed by atoms with Crippen LogP contribution >= 0.6 is 34.9 Å². The Hall–Kier alpha value is -4.23. The lowest BCUT2D eigenvalue weighted by molar-refractivity contribution is -0.150. The normalized spacial score (nSPS) is 19.1. The van der Waals surface area contributed by atoms with Gasteiger partial charge in [0.05, 0.1) is 6.54 Å². The number of β-lactam (4-membered cyclic amide) rings is 1. The van der Waals surface area contributed by atoms with Crippen molar-refractivity contribution in [3.63, 3.8) is 0 Å². The number of thiazole rings is 1. The van der Waals surface area contributed by atoms with Gasteiger partial charge in [0, 0.05) is 11.1 Å². The Morgan fingerprint density at radius 1 is 1.41 bits per heavy atom. The van der Waals surface area contributed by atoms with Crippen molar-refractivity contribution in [1.29, 1.82) is 0 Å². The number of carbonyl (C=O) groups excluding carboxylic acids is 3. The standard InChI is InChI=1S/C20H18N8O8S3/c1-36-26-10(9-7-39-19(21)22-9)13(30)23-11-15(32)28-12(18(34)35)8(6-38-17(11)28)2-5-37-20-25-24-14(31)16(33)27(20)3-4-29/h2,4-5,7,11,17H,3,6H2,1H3,(H2,21,22)(H,23,30)(H,24,31)(H,34,35)/b5-2+,26-10+. The summed E-state index contributed by atoms with van der Waals surface area (Å²) < 4.78 is 0.867. The molecule has 2 unspecified atom stereocenters. The molecule has 2 aliphatic heterocycles. The number of aromatic amines is 1. The average Bonchev–Trinajstić information content (AvgIpc) is 3.34. The van der Waals surface area contributed by atoms with Gasteiger partial charge < -0.3 is 25.8 Å². The Bertz CT molecular complexity index is 1560. The van der Waals surface area contributed by atoms with Gasteiger partial charge in [0.15, 0.2) is 16.0 Å². The van der Waals surface area contributed by atoms with Crippen molar-refractivity contribution in [2.75, 3.05) is 18.6 Å². The number of aliphatic carboxylic acids is 1. The first kappa shape index (κ1) is 27.8. The number of nitrogens with one attached hydrogen (secondary N) is 2. The first-order valence-corrected chi connectivity index (χ1v) is 13.5. The van der Waals surface area contributed by atoms with Crippen LogP contribution in [-0.2, 0) is 30.6 Å². The molecule has 2 atom stereocenters. The van der Waals surface area contributed by atoms with Crippen molar-refractivity contribution in [1.82, 2.24) is 30.0 Å². The number of H-pyrrole nitrogens is 1. The van der Waals surface area contributed by atoms with E-state index >= 15 is 0 Å². The molecule has 0 aliphatic carbocycles. The molecule has 4 heterocycles. The molecule has 1 saturated heterocycles. The zero-order valence-corrected chi connectivity index (χ0v) is 22.2. The second-order valence-corrected chi connectivity index (χ2v) is 10.4. The summed E-state index contributed by atoms with van der Waals surface area (Å²) in [5.74, 6) is -2.59. The predicted octanol–water partition coefficient (Wildman–Crippen LogP) is -1.44. The molecular formula is C20H18N8O8S3. The molecule has 16 nitrogen and oxygen atoms in total. The van der Waals surface area contributed by atoms with Gasteiger partial charge >= 0.3 is 17.1 Å². The fourth-order valence-corrected chi connectivity index (χ4v) is 6.19. The summed E-state index contributed by atoms with van der Waals surface area (Å²) in [5, 5.41) is 24.3. The number of allylic oxidation sites excluding steroid dienone is 1. The number of carboxylic acids is 1. The van der Waals surface area contributed by atoms with Crippen LogP contribution in [0.5, 0.6) is 0 Å². The van der Waals surface area contributed by atoms with Crippen LogP contribution in [0.3, 0.4) is 0 Å². The van der Waals surface area contributed by atoms with Crippen LogP contribution in [0.1, 0.15) is 5.69 Å². The number of oxime groups is 1. The van der Waals surface area contributed by atoms with E-state index in [1.165, 1.54) is 35.7 Å². The first-order chi connectivity index (χ1) is 18.7. The SMILES string of the molecule is CO/N=C(/C(=O)NC1C(=O)N2C(C(=O)O)=C(/C=C/Sc3n[nH]c(=O)c(=O)n3CC=O)CSC12)c1csc(N)n1. The van der Waals surface area contributed by atoms with Gasteiger partial charge in [-0.2, -0.15) is 0 Å². The quantitative estimate of drug-likeness (QED) is 0.0617. The molecule has 0 spiro atoms. The van der Waals surface area contributed by atoms with Gasteiger partial charge in [-0.1, -0.05) is 16.9 Å². The number of anilines is 1. The minimum atomic E-state index is -1.36. The van der Waals surface area contributed by atoms with Crippen molar-refractivity contribution >= 4 is 69.8 Å². The van der Waals surface area contributed by atoms with Crippen LogP contribution in [0, 0.1) is 0 Å². The summed E-state index contributed by atoms with van der Waals surface area (Å²) in [4.78, 5) is 82.0. The molecule has 0 bridgehead atoms. The van der Waals surface area contributed by atoms with E-state index in [0.717, 1.165) is 32.6 Å². The lowest BCUT2D eigenvalue weighted by Crippen LogP contribution is -2.71. The minimum absolute atomic E-state index is 0.0000345. The van der Waals surface area contributed by atoms with Gasteiger partial charge in [0.1, 0.15) is 36.2 Å². The van der Waals surface area contributed by atoms with Crippen LogP contribution in [0.4, 0.5) is 5.13 Å². The number of nitrogens with two attached hydrogens (primary N) is 1. The summed E-state index contributed by atoms with van der Waals surface area (Å²) >= 11 is 3.17.